The Morgan fingerprint density at radius 2 is 1.90 bits per heavy atom. The molecule has 5 heteroatoms. The van der Waals surface area contributed by atoms with E-state index in [1.165, 1.54) is 22.7 Å². The molecule has 2 aromatic heterocycles. The molecule has 102 valence electrons. The summed E-state index contributed by atoms with van der Waals surface area (Å²) in [6.07, 6.45) is 3.07. The standard InChI is InChI=1S/C16H12N4O/c21-16-14-15(17-9-18-16)20(10-19-14)8-12-6-3-5-11-4-1-2-7-13(11)12/h1-7,9-10H,8H2,(H,17,18,21). The fourth-order valence-electron chi connectivity index (χ4n) is 2.62. The smallest absolute Gasteiger partial charge is 0.278 e. The van der Waals surface area contributed by atoms with Crippen LogP contribution in [-0.4, -0.2) is 19.5 Å². The van der Waals surface area contributed by atoms with Crippen molar-refractivity contribution < 1.29 is 0 Å². The molecule has 0 unspecified atom stereocenters. The van der Waals surface area contributed by atoms with Gasteiger partial charge in [-0.05, 0) is 16.3 Å². The van der Waals surface area contributed by atoms with E-state index in [1.54, 1.807) is 6.33 Å². The van der Waals surface area contributed by atoms with Crippen LogP contribution < -0.4 is 5.56 Å². The van der Waals surface area contributed by atoms with Gasteiger partial charge in [0.25, 0.3) is 5.56 Å². The summed E-state index contributed by atoms with van der Waals surface area (Å²) < 4.78 is 1.90. The Morgan fingerprint density at radius 1 is 1.05 bits per heavy atom. The van der Waals surface area contributed by atoms with Crippen LogP contribution in [-0.2, 0) is 6.54 Å². The van der Waals surface area contributed by atoms with Crippen LogP contribution in [0.4, 0.5) is 0 Å². The summed E-state index contributed by atoms with van der Waals surface area (Å²) in [4.78, 5) is 22.6. The molecule has 2 aromatic carbocycles. The number of rotatable bonds is 2. The van der Waals surface area contributed by atoms with Gasteiger partial charge in [-0.2, -0.15) is 0 Å². The van der Waals surface area contributed by atoms with Crippen molar-refractivity contribution in [3.05, 3.63) is 71.0 Å². The normalized spacial score (nSPS) is 11.2. The lowest BCUT2D eigenvalue weighted by Crippen LogP contribution is -2.08. The maximum atomic E-state index is 11.7. The van der Waals surface area contributed by atoms with Gasteiger partial charge in [-0.25, -0.2) is 9.97 Å². The molecule has 0 aliphatic heterocycles. The Hall–Kier alpha value is -2.95. The fraction of sp³-hybridized carbons (Fsp3) is 0.0625. The molecule has 4 aromatic rings. The zero-order valence-electron chi connectivity index (χ0n) is 11.2. The first-order chi connectivity index (χ1) is 10.3. The third kappa shape index (κ3) is 1.90. The van der Waals surface area contributed by atoms with Crippen molar-refractivity contribution in [1.82, 2.24) is 19.5 Å². The fourth-order valence-corrected chi connectivity index (χ4v) is 2.62. The third-order valence-electron chi connectivity index (χ3n) is 3.63. The lowest BCUT2D eigenvalue weighted by atomic mass is 10.0. The first-order valence-electron chi connectivity index (χ1n) is 6.68. The van der Waals surface area contributed by atoms with E-state index >= 15 is 0 Å². The summed E-state index contributed by atoms with van der Waals surface area (Å²) in [5, 5.41) is 2.40. The van der Waals surface area contributed by atoms with Gasteiger partial charge < -0.3 is 9.55 Å². The maximum Gasteiger partial charge on any atom is 0.278 e. The minimum absolute atomic E-state index is 0.211. The number of nitrogens with one attached hydrogen (secondary N) is 1. The highest BCUT2D eigenvalue weighted by atomic mass is 16.1. The summed E-state index contributed by atoms with van der Waals surface area (Å²) in [6, 6.07) is 14.5. The SMILES string of the molecule is O=c1[nH]cnc2c1ncn2Cc1cccc2ccccc12. The molecule has 2 heterocycles. The number of aromatic nitrogens is 4. The molecule has 0 spiro atoms. The molecular weight excluding hydrogens is 264 g/mol. The highest BCUT2D eigenvalue weighted by molar-refractivity contribution is 5.85. The summed E-state index contributed by atoms with van der Waals surface area (Å²) in [6.45, 7) is 0.633. The number of hydrogen-bond acceptors (Lipinski definition) is 3. The second-order valence-electron chi connectivity index (χ2n) is 4.91. The molecular formula is C16H12N4O. The molecule has 0 aliphatic carbocycles. The van der Waals surface area contributed by atoms with Crippen LogP contribution >= 0.6 is 0 Å². The Morgan fingerprint density at radius 3 is 2.86 bits per heavy atom. The molecule has 1 N–H and O–H groups in total. The van der Waals surface area contributed by atoms with E-state index in [1.807, 2.05) is 22.8 Å². The lowest BCUT2D eigenvalue weighted by molar-refractivity contribution is 0.818. The Bertz CT molecular complexity index is 994. The molecule has 0 bridgehead atoms. The van der Waals surface area contributed by atoms with Crippen LogP contribution in [0.1, 0.15) is 5.56 Å². The van der Waals surface area contributed by atoms with Gasteiger partial charge in [0.05, 0.1) is 19.2 Å². The average molecular weight is 276 g/mol. The molecule has 0 fully saturated rings. The maximum absolute atomic E-state index is 11.7. The molecule has 4 rings (SSSR count). The Kier molecular flexibility index (Phi) is 2.57. The van der Waals surface area contributed by atoms with E-state index in [0.29, 0.717) is 17.7 Å². The molecule has 0 saturated carbocycles. The minimum atomic E-state index is -0.211. The topological polar surface area (TPSA) is 63.6 Å². The van der Waals surface area contributed by atoms with Crippen molar-refractivity contribution in [2.75, 3.05) is 0 Å². The van der Waals surface area contributed by atoms with Crippen molar-refractivity contribution >= 4 is 21.9 Å². The van der Waals surface area contributed by atoms with Crippen molar-refractivity contribution in [2.24, 2.45) is 0 Å². The monoisotopic (exact) mass is 276 g/mol. The minimum Gasteiger partial charge on any atom is -0.311 e. The van der Waals surface area contributed by atoms with Gasteiger partial charge in [0.15, 0.2) is 11.2 Å². The van der Waals surface area contributed by atoms with Crippen molar-refractivity contribution in [3.8, 4) is 0 Å². The molecule has 0 saturated heterocycles. The first-order valence-corrected chi connectivity index (χ1v) is 6.68. The van der Waals surface area contributed by atoms with Crippen LogP contribution in [0.2, 0.25) is 0 Å². The van der Waals surface area contributed by atoms with Gasteiger partial charge in [0, 0.05) is 0 Å². The van der Waals surface area contributed by atoms with Crippen LogP contribution in [0.5, 0.6) is 0 Å². The van der Waals surface area contributed by atoms with Crippen LogP contribution in [0.15, 0.2) is 59.9 Å². The number of imidazole rings is 1. The largest absolute Gasteiger partial charge is 0.311 e. The zero-order valence-corrected chi connectivity index (χ0v) is 11.2. The molecule has 0 radical (unpaired) electrons. The molecule has 0 atom stereocenters. The van der Waals surface area contributed by atoms with Gasteiger partial charge in [-0.15, -0.1) is 0 Å². The summed E-state index contributed by atoms with van der Waals surface area (Å²) in [5.74, 6) is 0. The second-order valence-corrected chi connectivity index (χ2v) is 4.91. The van der Waals surface area contributed by atoms with Gasteiger partial charge >= 0.3 is 0 Å². The van der Waals surface area contributed by atoms with E-state index in [0.717, 1.165) is 0 Å². The van der Waals surface area contributed by atoms with Crippen molar-refractivity contribution in [3.63, 3.8) is 0 Å². The van der Waals surface area contributed by atoms with Crippen LogP contribution in [0.3, 0.4) is 0 Å². The van der Waals surface area contributed by atoms with Gasteiger partial charge in [-0.3, -0.25) is 4.79 Å². The molecule has 21 heavy (non-hydrogen) atoms. The Labute approximate surface area is 119 Å². The molecule has 5 nitrogen and oxygen atoms in total. The van der Waals surface area contributed by atoms with E-state index in [4.69, 9.17) is 0 Å². The van der Waals surface area contributed by atoms with Gasteiger partial charge in [-0.1, -0.05) is 42.5 Å². The average Bonchev–Trinajstić information content (AvgIpc) is 2.92. The van der Waals surface area contributed by atoms with E-state index in [-0.39, 0.29) is 5.56 Å². The third-order valence-corrected chi connectivity index (χ3v) is 3.63. The lowest BCUT2D eigenvalue weighted by Gasteiger charge is -2.07. The van der Waals surface area contributed by atoms with Crippen molar-refractivity contribution in [2.45, 2.75) is 6.54 Å². The predicted molar refractivity (Wildman–Crippen MR) is 81.2 cm³/mol. The van der Waals surface area contributed by atoms with Crippen molar-refractivity contribution in [1.29, 1.82) is 0 Å². The van der Waals surface area contributed by atoms with Gasteiger partial charge in [0.2, 0.25) is 0 Å². The number of H-pyrrole nitrogens is 1. The number of hydrogen-bond donors (Lipinski definition) is 1. The molecule has 0 amide bonds. The number of fused-ring (bicyclic) bond motifs is 2. The number of aromatic amines is 1. The number of nitrogens with zero attached hydrogens (tertiary/aromatic N) is 3. The second kappa shape index (κ2) is 4.56. The highest BCUT2D eigenvalue weighted by Gasteiger charge is 2.08. The summed E-state index contributed by atoms with van der Waals surface area (Å²) >= 11 is 0. The van der Waals surface area contributed by atoms with E-state index in [9.17, 15) is 4.79 Å². The predicted octanol–water partition coefficient (Wildman–Crippen LogP) is 2.32. The van der Waals surface area contributed by atoms with Gasteiger partial charge in [0.1, 0.15) is 0 Å². The first kappa shape index (κ1) is 11.8. The zero-order chi connectivity index (χ0) is 14.2. The highest BCUT2D eigenvalue weighted by Crippen LogP contribution is 2.20. The quantitative estimate of drug-likeness (QED) is 0.611. The van der Waals surface area contributed by atoms with Crippen LogP contribution in [0, 0.1) is 0 Å². The molecule has 0 aliphatic rings. The van der Waals surface area contributed by atoms with E-state index < -0.39 is 0 Å². The number of benzene rings is 2. The summed E-state index contributed by atoms with van der Waals surface area (Å²) in [5.41, 5.74) is 1.94. The van der Waals surface area contributed by atoms with Crippen LogP contribution in [0.25, 0.3) is 21.9 Å². The van der Waals surface area contributed by atoms with E-state index in [2.05, 4.69) is 39.2 Å². The summed E-state index contributed by atoms with van der Waals surface area (Å²) in [7, 11) is 0. The Balaban J connectivity index is 1.87.